The van der Waals surface area contributed by atoms with Gasteiger partial charge in [-0.2, -0.15) is 0 Å². The highest BCUT2D eigenvalue weighted by atomic mass is 16.4. The third-order valence-corrected chi connectivity index (χ3v) is 5.49. The lowest BCUT2D eigenvalue weighted by Crippen LogP contribution is -2.26. The molecule has 2 aliphatic carbocycles. The summed E-state index contributed by atoms with van der Waals surface area (Å²) in [4.78, 5) is 10.7. The Morgan fingerprint density at radius 2 is 1.33 bits per heavy atom. The van der Waals surface area contributed by atoms with E-state index in [9.17, 15) is 4.79 Å². The Morgan fingerprint density at radius 3 is 1.72 bits per heavy atom. The van der Waals surface area contributed by atoms with E-state index >= 15 is 0 Å². The zero-order chi connectivity index (χ0) is 13.0. The predicted octanol–water partition coefficient (Wildman–Crippen LogP) is 4.48. The average molecular weight is 252 g/mol. The molecule has 104 valence electrons. The van der Waals surface area contributed by atoms with Crippen molar-refractivity contribution < 1.29 is 9.90 Å². The fourth-order valence-electron chi connectivity index (χ4n) is 4.18. The molecule has 0 amide bonds. The Balaban J connectivity index is 1.71. The first-order valence-corrected chi connectivity index (χ1v) is 7.90. The molecule has 0 heterocycles. The van der Waals surface area contributed by atoms with Crippen LogP contribution >= 0.6 is 0 Å². The van der Waals surface area contributed by atoms with E-state index in [-0.39, 0.29) is 0 Å². The van der Waals surface area contributed by atoms with Crippen LogP contribution in [0.15, 0.2) is 0 Å². The second-order valence-corrected chi connectivity index (χ2v) is 6.57. The van der Waals surface area contributed by atoms with Gasteiger partial charge in [0.05, 0.1) is 0 Å². The summed E-state index contributed by atoms with van der Waals surface area (Å²) in [6.07, 6.45) is 12.4. The summed E-state index contributed by atoms with van der Waals surface area (Å²) in [7, 11) is 0. The van der Waals surface area contributed by atoms with Crippen LogP contribution in [0.1, 0.15) is 71.1 Å². The fraction of sp³-hybridized carbons (Fsp3) is 0.938. The number of carboxylic acid groups (broad SMARTS) is 1. The van der Waals surface area contributed by atoms with E-state index in [1.54, 1.807) is 0 Å². The molecule has 0 unspecified atom stereocenters. The van der Waals surface area contributed by atoms with Crippen LogP contribution in [0, 0.1) is 23.7 Å². The van der Waals surface area contributed by atoms with Crippen molar-refractivity contribution in [1.82, 2.24) is 0 Å². The van der Waals surface area contributed by atoms with Crippen molar-refractivity contribution in [3.63, 3.8) is 0 Å². The predicted molar refractivity (Wildman–Crippen MR) is 73.4 cm³/mol. The Bertz CT molecular complexity index is 258. The molecule has 2 aliphatic rings. The van der Waals surface area contributed by atoms with Crippen LogP contribution in [-0.2, 0) is 4.79 Å². The maximum atomic E-state index is 10.7. The Kier molecular flexibility index (Phi) is 5.08. The molecule has 0 aromatic carbocycles. The van der Waals surface area contributed by atoms with Crippen LogP contribution in [0.5, 0.6) is 0 Å². The minimum Gasteiger partial charge on any atom is -0.481 e. The van der Waals surface area contributed by atoms with Crippen molar-refractivity contribution in [1.29, 1.82) is 0 Å². The smallest absolute Gasteiger partial charge is 0.303 e. The molecule has 0 spiro atoms. The normalized spacial score (nSPS) is 37.4. The minimum atomic E-state index is -0.609. The van der Waals surface area contributed by atoms with Crippen molar-refractivity contribution in [3.05, 3.63) is 0 Å². The van der Waals surface area contributed by atoms with Gasteiger partial charge in [0.25, 0.3) is 0 Å². The average Bonchev–Trinajstić information content (AvgIpc) is 2.39. The topological polar surface area (TPSA) is 37.3 Å². The summed E-state index contributed by atoms with van der Waals surface area (Å²) in [5.74, 6) is 2.71. The van der Waals surface area contributed by atoms with Crippen molar-refractivity contribution in [3.8, 4) is 0 Å². The first kappa shape index (κ1) is 13.9. The molecule has 0 bridgehead atoms. The van der Waals surface area contributed by atoms with Crippen LogP contribution in [0.2, 0.25) is 0 Å². The zero-order valence-electron chi connectivity index (χ0n) is 11.7. The molecule has 0 saturated heterocycles. The first-order valence-electron chi connectivity index (χ1n) is 7.90. The van der Waals surface area contributed by atoms with Gasteiger partial charge in [0.2, 0.25) is 0 Å². The van der Waals surface area contributed by atoms with E-state index in [1.807, 2.05) is 0 Å². The third kappa shape index (κ3) is 3.73. The monoisotopic (exact) mass is 252 g/mol. The summed E-state index contributed by atoms with van der Waals surface area (Å²) >= 11 is 0. The summed E-state index contributed by atoms with van der Waals surface area (Å²) in [5.41, 5.74) is 0. The molecule has 0 aromatic rings. The Hall–Kier alpha value is -0.530. The van der Waals surface area contributed by atoms with Crippen LogP contribution < -0.4 is 0 Å². The Labute approximate surface area is 111 Å². The third-order valence-electron chi connectivity index (χ3n) is 5.49. The van der Waals surface area contributed by atoms with Crippen molar-refractivity contribution in [2.75, 3.05) is 0 Å². The maximum Gasteiger partial charge on any atom is 0.303 e. The van der Waals surface area contributed by atoms with E-state index in [4.69, 9.17) is 5.11 Å². The molecule has 0 radical (unpaired) electrons. The van der Waals surface area contributed by atoms with Gasteiger partial charge in [-0.15, -0.1) is 0 Å². The highest BCUT2D eigenvalue weighted by Crippen LogP contribution is 2.42. The van der Waals surface area contributed by atoms with Crippen LogP contribution in [0.4, 0.5) is 0 Å². The van der Waals surface area contributed by atoms with Gasteiger partial charge < -0.3 is 5.11 Å². The summed E-state index contributed by atoms with van der Waals surface area (Å²) in [6.45, 7) is 2.32. The van der Waals surface area contributed by atoms with Gasteiger partial charge in [-0.25, -0.2) is 0 Å². The van der Waals surface area contributed by atoms with E-state index in [1.165, 1.54) is 44.9 Å². The highest BCUT2D eigenvalue weighted by molar-refractivity contribution is 5.67. The summed E-state index contributed by atoms with van der Waals surface area (Å²) in [6, 6.07) is 0. The van der Waals surface area contributed by atoms with E-state index in [0.29, 0.717) is 12.3 Å². The van der Waals surface area contributed by atoms with Gasteiger partial charge in [-0.1, -0.05) is 26.2 Å². The lowest BCUT2D eigenvalue weighted by molar-refractivity contribution is -0.138. The molecule has 2 fully saturated rings. The zero-order valence-corrected chi connectivity index (χ0v) is 11.7. The Morgan fingerprint density at radius 1 is 0.889 bits per heavy atom. The van der Waals surface area contributed by atoms with Crippen molar-refractivity contribution in [2.45, 2.75) is 71.1 Å². The van der Waals surface area contributed by atoms with Gasteiger partial charge in [0.15, 0.2) is 0 Å². The number of hydrogen-bond donors (Lipinski definition) is 1. The number of carboxylic acids is 1. The van der Waals surface area contributed by atoms with E-state index in [2.05, 4.69) is 6.92 Å². The summed E-state index contributed by atoms with van der Waals surface area (Å²) < 4.78 is 0. The standard InChI is InChI=1S/C16H28O2/c1-2-12-3-7-14(8-4-12)15-9-5-13(6-10-15)11-16(17)18/h12-15H,2-11H2,1H3,(H,17,18)/t12-,13?,14-,15?. The number of hydrogen-bond acceptors (Lipinski definition) is 1. The molecule has 0 atom stereocenters. The van der Waals surface area contributed by atoms with Gasteiger partial charge in [-0.05, 0) is 62.2 Å². The van der Waals surface area contributed by atoms with Crippen molar-refractivity contribution in [2.24, 2.45) is 23.7 Å². The van der Waals surface area contributed by atoms with Crippen LogP contribution in [0.25, 0.3) is 0 Å². The van der Waals surface area contributed by atoms with Crippen LogP contribution in [0.3, 0.4) is 0 Å². The summed E-state index contributed by atoms with van der Waals surface area (Å²) in [5, 5.41) is 8.84. The van der Waals surface area contributed by atoms with Gasteiger partial charge in [0, 0.05) is 6.42 Å². The van der Waals surface area contributed by atoms with Gasteiger partial charge in [0.1, 0.15) is 0 Å². The molecule has 2 rings (SSSR count). The molecule has 2 heteroatoms. The molecule has 1 N–H and O–H groups in total. The highest BCUT2D eigenvalue weighted by Gasteiger charge is 2.30. The number of aliphatic carboxylic acids is 1. The van der Waals surface area contributed by atoms with E-state index in [0.717, 1.165) is 30.6 Å². The minimum absolute atomic E-state index is 0.398. The lowest BCUT2D eigenvalue weighted by Gasteiger charge is -2.37. The molecule has 0 aromatic heterocycles. The first-order chi connectivity index (χ1) is 8.69. The lowest BCUT2D eigenvalue weighted by atomic mass is 9.68. The largest absolute Gasteiger partial charge is 0.481 e. The van der Waals surface area contributed by atoms with Gasteiger partial charge >= 0.3 is 5.97 Å². The maximum absolute atomic E-state index is 10.7. The van der Waals surface area contributed by atoms with Crippen molar-refractivity contribution >= 4 is 5.97 Å². The molecule has 2 nitrogen and oxygen atoms in total. The quantitative estimate of drug-likeness (QED) is 0.800. The molecule has 18 heavy (non-hydrogen) atoms. The molecular formula is C16H28O2. The number of carbonyl (C=O) groups is 1. The second-order valence-electron chi connectivity index (χ2n) is 6.57. The number of rotatable bonds is 4. The van der Waals surface area contributed by atoms with Gasteiger partial charge in [-0.3, -0.25) is 4.79 Å². The molecule has 0 aliphatic heterocycles. The SMILES string of the molecule is CC[C@H]1CC[C@H](C2CCC(CC(=O)O)CC2)CC1. The van der Waals surface area contributed by atoms with Crippen LogP contribution in [-0.4, -0.2) is 11.1 Å². The molecule has 2 saturated carbocycles. The second kappa shape index (κ2) is 6.58. The van der Waals surface area contributed by atoms with E-state index < -0.39 is 5.97 Å². The molecular weight excluding hydrogens is 224 g/mol. The fourth-order valence-corrected chi connectivity index (χ4v) is 4.18.